The normalized spacial score (nSPS) is 20.2. The molecular weight excluding hydrogens is 1230 g/mol. The quantitative estimate of drug-likeness (QED) is 0.0348. The van der Waals surface area contributed by atoms with Gasteiger partial charge < -0.3 is 38.6 Å². The molecule has 8 atom stereocenters. The molecule has 1 saturated heterocycles. The molecule has 4 saturated carbocycles. The Morgan fingerprint density at radius 3 is 1.42 bits per heavy atom. The summed E-state index contributed by atoms with van der Waals surface area (Å²) in [5.74, 6) is 3.08. The molecule has 98 heavy (non-hydrogen) atoms. The van der Waals surface area contributed by atoms with Gasteiger partial charge in [-0.15, -0.1) is 0 Å². The third kappa shape index (κ3) is 26.4. The average Bonchev–Trinajstić information content (AvgIpc) is 1.57. The van der Waals surface area contributed by atoms with Crippen LogP contribution in [0.5, 0.6) is 17.2 Å². The Morgan fingerprint density at radius 2 is 0.959 bits per heavy atom. The van der Waals surface area contributed by atoms with Crippen LogP contribution in [0.25, 0.3) is 11.1 Å². The molecule has 13 heteroatoms. The molecule has 1 heterocycles. The molecule has 5 fully saturated rings. The average molecular weight is 1360 g/mol. The van der Waals surface area contributed by atoms with Crippen molar-refractivity contribution in [3.8, 4) is 28.4 Å². The van der Waals surface area contributed by atoms with Crippen molar-refractivity contribution in [1.29, 1.82) is 0 Å². The molecule has 9 rings (SSSR count). The number of rotatable bonds is 21. The number of carbonyl (C=O) groups is 5. The fraction of sp³-hybridized carbons (Fsp3) is 0.659. The smallest absolute Gasteiger partial charge is 0.316 e. The van der Waals surface area contributed by atoms with Gasteiger partial charge in [-0.2, -0.15) is 0 Å². The van der Waals surface area contributed by atoms with Crippen molar-refractivity contribution in [3.05, 3.63) is 114 Å². The van der Waals surface area contributed by atoms with Crippen molar-refractivity contribution in [3.63, 3.8) is 0 Å². The van der Waals surface area contributed by atoms with E-state index in [4.69, 9.17) is 38.6 Å². The van der Waals surface area contributed by atoms with Crippen LogP contribution in [-0.2, 0) is 47.7 Å². The van der Waals surface area contributed by atoms with Crippen LogP contribution < -0.4 is 4.74 Å². The number of hydrogen-bond donors (Lipinski definition) is 2. The van der Waals surface area contributed by atoms with Crippen LogP contribution >= 0.6 is 0 Å². The number of phenols is 2. The summed E-state index contributed by atoms with van der Waals surface area (Å²) >= 11 is 0. The van der Waals surface area contributed by atoms with Gasteiger partial charge in [-0.05, 0) is 228 Å². The van der Waals surface area contributed by atoms with Crippen LogP contribution in [0, 0.1) is 50.7 Å². The molecule has 0 amide bonds. The number of benzene rings is 4. The molecular formula is C85H130O13. The summed E-state index contributed by atoms with van der Waals surface area (Å²) in [6.45, 7) is 42.7. The minimum absolute atomic E-state index is 0.0458. The number of ether oxygens (including phenoxy) is 6. The highest BCUT2D eigenvalue weighted by Crippen LogP contribution is 2.56. The number of esters is 5. The minimum Gasteiger partial charge on any atom is -0.508 e. The van der Waals surface area contributed by atoms with Gasteiger partial charge in [0.2, 0.25) is 6.29 Å². The second-order valence-corrected chi connectivity index (χ2v) is 32.6. The Kier molecular flexibility index (Phi) is 33.1. The Bertz CT molecular complexity index is 2960. The minimum atomic E-state index is -0.455. The standard InChI is InChI=1S/C18H34O3.C18H20O2.C15H28O2.C14H20O4.2C10H14O/c1-7-18(5,6)16(19)21-15(13-17(2,3)4)20-14-11-9-8-10-12-14;1-4-18(2,3)17(19)20-16-12-10-15(11-13-16)14-8-6-5-7-9-14;1-6-14(2,3)13(16)17-15(4,5)12-10-8-7-9-11-12;1-4-14(2,3)13(16)18-10-7-5-8-9(6-7)12(15)17-11(8)10;2*1-3-8(2)9-4-6-10(11)7-5-9/h14-15H,7-13H2,1-6H3;5-13H,4H2,1-3H3;12H,6-11H2,1-5H3;7-11H,4-6H2,1-3H3;2*4-8,11H,3H2,1-2H3. The number of aromatic hydroxyl groups is 2. The van der Waals surface area contributed by atoms with Gasteiger partial charge >= 0.3 is 29.8 Å². The van der Waals surface area contributed by atoms with E-state index in [2.05, 4.69) is 74.4 Å². The molecule has 548 valence electrons. The molecule has 0 aromatic heterocycles. The molecule has 13 nitrogen and oxygen atoms in total. The highest BCUT2D eigenvalue weighted by molar-refractivity contribution is 5.80. The molecule has 5 aliphatic rings. The third-order valence-corrected chi connectivity index (χ3v) is 21.6. The summed E-state index contributed by atoms with van der Waals surface area (Å²) in [7, 11) is 0. The number of hydrogen-bond acceptors (Lipinski definition) is 13. The van der Waals surface area contributed by atoms with E-state index in [1.54, 1.807) is 24.3 Å². The SMILES string of the molecule is CCC(C)(C)C(=O)OC(C)(C)C1CCCCC1.CCC(C)(C)C(=O)OC(CC(C)(C)C)OC1CCCCC1.CCC(C)(C)C(=O)OC1C2CC3C(=O)OC1C3C2.CCC(C)(C)C(=O)Oc1ccc(-c2ccccc2)cc1.CCC(C)c1ccc(O)cc1.CCC(C)c1ccc(O)cc1. The van der Waals surface area contributed by atoms with E-state index >= 15 is 0 Å². The number of fused-ring (bicyclic) bond motifs is 1. The first-order valence-electron chi connectivity index (χ1n) is 37.3. The second kappa shape index (κ2) is 38.6. The lowest BCUT2D eigenvalue weighted by Gasteiger charge is -2.38. The van der Waals surface area contributed by atoms with Crippen LogP contribution in [-0.4, -0.2) is 70.3 Å². The van der Waals surface area contributed by atoms with Crippen molar-refractivity contribution >= 4 is 29.8 Å². The van der Waals surface area contributed by atoms with Crippen molar-refractivity contribution in [2.75, 3.05) is 0 Å². The maximum Gasteiger partial charge on any atom is 0.316 e. The zero-order chi connectivity index (χ0) is 73.4. The van der Waals surface area contributed by atoms with Gasteiger partial charge in [-0.3, -0.25) is 24.0 Å². The van der Waals surface area contributed by atoms with Crippen molar-refractivity contribution in [2.24, 2.45) is 50.7 Å². The van der Waals surface area contributed by atoms with Gasteiger partial charge in [0.15, 0.2) is 0 Å². The zero-order valence-electron chi connectivity index (χ0n) is 64.4. The van der Waals surface area contributed by atoms with E-state index in [1.807, 2.05) is 150 Å². The van der Waals surface area contributed by atoms with Crippen LogP contribution in [0.15, 0.2) is 103 Å². The van der Waals surface area contributed by atoms with Gasteiger partial charge in [0.25, 0.3) is 0 Å². The van der Waals surface area contributed by atoms with Crippen LogP contribution in [0.3, 0.4) is 0 Å². The van der Waals surface area contributed by atoms with Crippen molar-refractivity contribution in [2.45, 2.75) is 309 Å². The van der Waals surface area contributed by atoms with Crippen LogP contribution in [0.2, 0.25) is 0 Å². The number of carbonyl (C=O) groups excluding carboxylic acids is 5. The summed E-state index contributed by atoms with van der Waals surface area (Å²) in [5, 5.41) is 18.0. The number of phenolic OH excluding ortho intramolecular Hbond substituents is 2. The first-order valence-corrected chi connectivity index (χ1v) is 37.3. The van der Waals surface area contributed by atoms with Gasteiger partial charge in [-0.1, -0.05) is 181 Å². The fourth-order valence-electron chi connectivity index (χ4n) is 12.2. The van der Waals surface area contributed by atoms with Crippen LogP contribution in [0.4, 0.5) is 0 Å². The molecule has 4 aliphatic carbocycles. The lowest BCUT2D eigenvalue weighted by Crippen LogP contribution is -2.41. The van der Waals surface area contributed by atoms with Crippen molar-refractivity contribution < 1.29 is 62.6 Å². The third-order valence-electron chi connectivity index (χ3n) is 21.6. The Hall–Kier alpha value is -6.21. The molecule has 4 aromatic rings. The predicted octanol–water partition coefficient (Wildman–Crippen LogP) is 21.8. The summed E-state index contributed by atoms with van der Waals surface area (Å²) < 4.78 is 34.1. The molecule has 8 unspecified atom stereocenters. The zero-order valence-corrected chi connectivity index (χ0v) is 64.4. The van der Waals surface area contributed by atoms with Gasteiger partial charge in [0, 0.05) is 18.3 Å². The molecule has 0 spiro atoms. The fourth-order valence-corrected chi connectivity index (χ4v) is 12.2. The molecule has 2 bridgehead atoms. The lowest BCUT2D eigenvalue weighted by molar-refractivity contribution is -0.208. The van der Waals surface area contributed by atoms with Crippen LogP contribution in [0.1, 0.15) is 290 Å². The maximum absolute atomic E-state index is 12.3. The molecule has 0 radical (unpaired) electrons. The molecule has 2 N–H and O–H groups in total. The van der Waals surface area contributed by atoms with E-state index in [-0.39, 0.29) is 70.5 Å². The van der Waals surface area contributed by atoms with E-state index in [1.165, 1.54) is 62.5 Å². The van der Waals surface area contributed by atoms with Gasteiger partial charge in [-0.25, -0.2) is 0 Å². The van der Waals surface area contributed by atoms with Gasteiger partial charge in [0.05, 0.1) is 33.7 Å². The van der Waals surface area contributed by atoms with E-state index in [9.17, 15) is 24.0 Å². The van der Waals surface area contributed by atoms with E-state index in [0.29, 0.717) is 46.8 Å². The predicted molar refractivity (Wildman–Crippen MR) is 396 cm³/mol. The van der Waals surface area contributed by atoms with Crippen molar-refractivity contribution in [1.82, 2.24) is 0 Å². The largest absolute Gasteiger partial charge is 0.508 e. The van der Waals surface area contributed by atoms with E-state index < -0.39 is 22.5 Å². The molecule has 4 aromatic carbocycles. The highest BCUT2D eigenvalue weighted by atomic mass is 16.7. The summed E-state index contributed by atoms with van der Waals surface area (Å²) in [5.41, 5.74) is 2.94. The Balaban J connectivity index is 0.000000253. The molecule has 1 aliphatic heterocycles. The summed E-state index contributed by atoms with van der Waals surface area (Å²) in [6, 6.07) is 32.6. The Morgan fingerprint density at radius 1 is 0.520 bits per heavy atom. The topological polar surface area (TPSA) is 181 Å². The second-order valence-electron chi connectivity index (χ2n) is 32.6. The lowest BCUT2D eigenvalue weighted by atomic mass is 9.78. The summed E-state index contributed by atoms with van der Waals surface area (Å²) in [4.78, 5) is 60.2. The monoisotopic (exact) mass is 1360 g/mol. The van der Waals surface area contributed by atoms with Gasteiger partial charge in [0.1, 0.15) is 35.1 Å². The maximum atomic E-state index is 12.3. The van der Waals surface area contributed by atoms with E-state index in [0.717, 1.165) is 81.8 Å². The Labute approximate surface area is 592 Å². The first kappa shape index (κ1) is 84.2. The highest BCUT2D eigenvalue weighted by Gasteiger charge is 2.63. The first-order chi connectivity index (χ1) is 45.9. The summed E-state index contributed by atoms with van der Waals surface area (Å²) in [6.07, 6.45) is 19.7.